The summed E-state index contributed by atoms with van der Waals surface area (Å²) in [5.41, 5.74) is 1.25. The lowest BCUT2D eigenvalue weighted by Gasteiger charge is -2.42. The number of aliphatic hydroxyl groups is 2. The van der Waals surface area contributed by atoms with Gasteiger partial charge in [0.05, 0.1) is 24.4 Å². The number of piperidine rings is 1. The van der Waals surface area contributed by atoms with Crippen LogP contribution >= 0.6 is 7.37 Å². The van der Waals surface area contributed by atoms with Crippen molar-refractivity contribution >= 4 is 36.6 Å². The SMILES string of the molecule is CO[C@H]1C[C@@H]2CC[C@@H](C)[C@@](O)(O2)C(=O)C(=O)N2CCCC[C@H]2C(=O)O[C@H]([C@H](C)C[C@@H]2CC[C@@H](OP(C)(C)=O)[C@H](OC)C2)CC(=O)[C@H](C)/C=C(/C)[C@@H](O)[C@@H](OC)C(=O)[C@H](C)C[C@H](C)/C=C/C=C\C=C\1C. The fraction of sp³-hybridized carbons (Fsp3) is 0.755. The van der Waals surface area contributed by atoms with Gasteiger partial charge in [-0.3, -0.25) is 23.7 Å². The number of ether oxygens (including phenoxy) is 5. The predicted octanol–water partition coefficient (Wildman–Crippen LogP) is 7.74. The van der Waals surface area contributed by atoms with Gasteiger partial charge in [-0.25, -0.2) is 4.79 Å². The number of carbonyl (C=O) groups excluding carboxylic acids is 5. The van der Waals surface area contributed by atoms with E-state index in [2.05, 4.69) is 0 Å². The number of esters is 1. The van der Waals surface area contributed by atoms with Gasteiger partial charge < -0.3 is 43.3 Å². The summed E-state index contributed by atoms with van der Waals surface area (Å²) in [4.78, 5) is 72.2. The molecule has 390 valence electrons. The quantitative estimate of drug-likeness (QED) is 0.104. The maximum absolute atomic E-state index is 14.5. The molecule has 0 aromatic rings. The van der Waals surface area contributed by atoms with E-state index in [1.54, 1.807) is 54.4 Å². The number of fused-ring (bicyclic) bond motifs is 3. The van der Waals surface area contributed by atoms with Crippen LogP contribution in [0.4, 0.5) is 0 Å². The zero-order valence-corrected chi connectivity index (χ0v) is 44.3. The number of cyclic esters (lactones) is 1. The second kappa shape index (κ2) is 26.5. The molecule has 2 bridgehead atoms. The molecule has 69 heavy (non-hydrogen) atoms. The molecule has 2 N–H and O–H groups in total. The minimum atomic E-state index is -2.79. The van der Waals surface area contributed by atoms with Crippen LogP contribution in [0.15, 0.2) is 47.6 Å². The van der Waals surface area contributed by atoms with Crippen molar-refractivity contribution in [1.82, 2.24) is 4.90 Å². The standard InChI is InChI=1S/C53H84NO14P/c1-32-18-14-13-15-19-33(2)44(63-8)30-40-23-21-38(7)53(61,67-40)50(58)51(59)54-25-17-16-20-41(54)52(60)66-45(35(4)28-39-22-24-43(46(29-39)64-9)68-69(11,12)62)31-42(55)34(3)27-37(6)48(57)49(65-10)47(56)36(5)26-32/h13-15,18-19,27,32,34-36,38-41,43-46,48-49,57,61H,16-17,20-26,28-31H2,1-12H3/b15-13-,18-14+,33-19+,37-27-/t32-,34-,35-,36-,38-,39+,40+,41+,43-,44+,45+,46-,48-,49+,53-/m1/s1. The van der Waals surface area contributed by atoms with Crippen molar-refractivity contribution in [3.05, 3.63) is 47.6 Å². The second-order valence-electron chi connectivity index (χ2n) is 20.9. The molecule has 0 unspecified atom stereocenters. The van der Waals surface area contributed by atoms with Crippen molar-refractivity contribution in [2.24, 2.45) is 35.5 Å². The van der Waals surface area contributed by atoms with Crippen molar-refractivity contribution < 1.29 is 67.0 Å². The van der Waals surface area contributed by atoms with Gasteiger partial charge in [0.1, 0.15) is 30.1 Å². The van der Waals surface area contributed by atoms with E-state index >= 15 is 0 Å². The number of allylic oxidation sites excluding steroid dienone is 6. The van der Waals surface area contributed by atoms with Crippen molar-refractivity contribution in [1.29, 1.82) is 0 Å². The van der Waals surface area contributed by atoms with E-state index in [1.165, 1.54) is 12.0 Å². The van der Waals surface area contributed by atoms with Crippen LogP contribution in [0, 0.1) is 35.5 Å². The Balaban J connectivity index is 1.70. The molecule has 15 atom stereocenters. The van der Waals surface area contributed by atoms with Crippen LogP contribution in [0.25, 0.3) is 0 Å². The first-order valence-corrected chi connectivity index (χ1v) is 27.7. The van der Waals surface area contributed by atoms with E-state index < -0.39 is 85.1 Å². The Labute approximate surface area is 411 Å². The third-order valence-electron chi connectivity index (χ3n) is 14.8. The Morgan fingerprint density at radius 1 is 0.855 bits per heavy atom. The first kappa shape index (κ1) is 58.4. The lowest BCUT2D eigenvalue weighted by molar-refractivity contribution is -0.265. The summed E-state index contributed by atoms with van der Waals surface area (Å²) >= 11 is 0. The Morgan fingerprint density at radius 2 is 1.57 bits per heavy atom. The Kier molecular flexibility index (Phi) is 22.5. The molecule has 15 nitrogen and oxygen atoms in total. The van der Waals surface area contributed by atoms with E-state index in [0.29, 0.717) is 63.4 Å². The number of Topliss-reactive ketones (excluding diaryl/α,β-unsaturated/α-hetero) is 3. The summed E-state index contributed by atoms with van der Waals surface area (Å²) in [6.45, 7) is 15.9. The topological polar surface area (TPSA) is 201 Å². The summed E-state index contributed by atoms with van der Waals surface area (Å²) < 4.78 is 48.2. The highest BCUT2D eigenvalue weighted by Gasteiger charge is 2.53. The predicted molar refractivity (Wildman–Crippen MR) is 263 cm³/mol. The van der Waals surface area contributed by atoms with Gasteiger partial charge in [0.25, 0.3) is 11.7 Å². The first-order valence-electron chi connectivity index (χ1n) is 25.2. The molecule has 3 heterocycles. The van der Waals surface area contributed by atoms with Gasteiger partial charge >= 0.3 is 5.97 Å². The molecule has 3 fully saturated rings. The van der Waals surface area contributed by atoms with Crippen LogP contribution in [0.1, 0.15) is 126 Å². The van der Waals surface area contributed by atoms with Gasteiger partial charge in [0.2, 0.25) is 5.79 Å². The summed E-state index contributed by atoms with van der Waals surface area (Å²) in [5.74, 6) is -8.11. The van der Waals surface area contributed by atoms with Crippen LogP contribution in [-0.2, 0) is 56.7 Å². The Bertz CT molecular complexity index is 1940. The molecular formula is C53H84NO14P. The van der Waals surface area contributed by atoms with Gasteiger partial charge in [-0.1, -0.05) is 71.1 Å². The van der Waals surface area contributed by atoms with Gasteiger partial charge in [-0.15, -0.1) is 0 Å². The largest absolute Gasteiger partial charge is 0.460 e. The van der Waals surface area contributed by atoms with Crippen LogP contribution in [0.2, 0.25) is 0 Å². The van der Waals surface area contributed by atoms with E-state index in [1.807, 2.05) is 58.1 Å². The number of carbonyl (C=O) groups is 5. The number of hydrogen-bond donors (Lipinski definition) is 2. The average molecular weight is 990 g/mol. The normalized spacial score (nSPS) is 39.0. The molecule has 4 aliphatic rings. The Hall–Kier alpha value is -3.14. The van der Waals surface area contributed by atoms with Crippen LogP contribution in [0.5, 0.6) is 0 Å². The zero-order chi connectivity index (χ0) is 51.4. The molecule has 2 saturated heterocycles. The highest BCUT2D eigenvalue weighted by atomic mass is 31.2. The van der Waals surface area contributed by atoms with Crippen molar-refractivity contribution in [2.75, 3.05) is 41.2 Å². The fourth-order valence-corrected chi connectivity index (χ4v) is 11.4. The fourth-order valence-electron chi connectivity index (χ4n) is 10.5. The van der Waals surface area contributed by atoms with Crippen molar-refractivity contribution in [3.8, 4) is 0 Å². The van der Waals surface area contributed by atoms with Gasteiger partial charge in [0, 0.05) is 71.8 Å². The number of hydrogen-bond acceptors (Lipinski definition) is 14. The van der Waals surface area contributed by atoms with Gasteiger partial charge in [-0.05, 0) is 107 Å². The average Bonchev–Trinajstić information content (AvgIpc) is 3.30. The van der Waals surface area contributed by atoms with Gasteiger partial charge in [-0.2, -0.15) is 0 Å². The molecule has 0 spiro atoms. The maximum Gasteiger partial charge on any atom is 0.329 e. The first-order chi connectivity index (χ1) is 32.4. The lowest BCUT2D eigenvalue weighted by Crippen LogP contribution is -2.61. The number of rotatable bonds is 8. The summed E-state index contributed by atoms with van der Waals surface area (Å²) in [5, 5.41) is 23.5. The molecule has 1 amide bonds. The maximum atomic E-state index is 14.5. The third-order valence-corrected chi connectivity index (χ3v) is 15.6. The minimum Gasteiger partial charge on any atom is -0.460 e. The summed E-state index contributed by atoms with van der Waals surface area (Å²) in [7, 11) is 1.76. The lowest BCUT2D eigenvalue weighted by atomic mass is 9.78. The molecule has 0 radical (unpaired) electrons. The molecular weight excluding hydrogens is 906 g/mol. The minimum absolute atomic E-state index is 0.0117. The highest BCUT2D eigenvalue weighted by molar-refractivity contribution is 7.57. The third kappa shape index (κ3) is 16.2. The highest BCUT2D eigenvalue weighted by Crippen LogP contribution is 2.45. The smallest absolute Gasteiger partial charge is 0.329 e. The van der Waals surface area contributed by atoms with E-state index in [0.717, 1.165) is 12.0 Å². The molecule has 1 aliphatic carbocycles. The van der Waals surface area contributed by atoms with Crippen molar-refractivity contribution in [2.45, 2.75) is 180 Å². The second-order valence-corrected chi connectivity index (χ2v) is 23.6. The molecule has 1 saturated carbocycles. The summed E-state index contributed by atoms with van der Waals surface area (Å²) in [6.07, 6.45) is 11.4. The van der Waals surface area contributed by atoms with Gasteiger partial charge in [0.15, 0.2) is 13.2 Å². The number of amides is 1. The van der Waals surface area contributed by atoms with Crippen LogP contribution in [-0.4, -0.2) is 140 Å². The van der Waals surface area contributed by atoms with E-state index in [4.69, 9.17) is 28.2 Å². The van der Waals surface area contributed by atoms with Crippen LogP contribution in [0.3, 0.4) is 0 Å². The molecule has 0 aromatic heterocycles. The molecule has 4 rings (SSSR count). The van der Waals surface area contributed by atoms with Crippen molar-refractivity contribution in [3.63, 3.8) is 0 Å². The number of aliphatic hydroxyl groups excluding tert-OH is 1. The molecule has 16 heteroatoms. The molecule has 0 aromatic carbocycles. The summed E-state index contributed by atoms with van der Waals surface area (Å²) in [6, 6.07) is -1.16. The zero-order valence-electron chi connectivity index (χ0n) is 43.4. The van der Waals surface area contributed by atoms with E-state index in [9.17, 15) is 38.8 Å². The number of ketones is 3. The van der Waals surface area contributed by atoms with Crippen LogP contribution < -0.4 is 0 Å². The monoisotopic (exact) mass is 990 g/mol. The Morgan fingerprint density at radius 3 is 2.22 bits per heavy atom. The number of nitrogens with zero attached hydrogens (tertiary/aromatic N) is 1. The molecule has 3 aliphatic heterocycles. The number of methoxy groups -OCH3 is 3. The van der Waals surface area contributed by atoms with E-state index in [-0.39, 0.29) is 60.9 Å².